The van der Waals surface area contributed by atoms with E-state index in [4.69, 9.17) is 4.98 Å². The summed E-state index contributed by atoms with van der Waals surface area (Å²) in [6.07, 6.45) is 6.88. The molecule has 2 aromatic heterocycles. The summed E-state index contributed by atoms with van der Waals surface area (Å²) in [5.74, 6) is 4.42. The average molecular weight is 302 g/mol. The Morgan fingerprint density at radius 2 is 2.14 bits per heavy atom. The molecule has 0 spiro atoms. The molecule has 0 aromatic carbocycles. The highest BCUT2D eigenvalue weighted by molar-refractivity contribution is 7.99. The predicted molar refractivity (Wildman–Crippen MR) is 88.0 cm³/mol. The van der Waals surface area contributed by atoms with E-state index in [0.29, 0.717) is 12.0 Å². The fourth-order valence-electron chi connectivity index (χ4n) is 3.60. The molecule has 2 saturated heterocycles. The van der Waals surface area contributed by atoms with Gasteiger partial charge in [0.15, 0.2) is 5.65 Å². The molecule has 4 nitrogen and oxygen atoms in total. The molecule has 0 amide bonds. The Hall–Kier alpha value is -1.07. The lowest BCUT2D eigenvalue weighted by molar-refractivity contribution is 0.359. The van der Waals surface area contributed by atoms with E-state index in [1.807, 2.05) is 12.3 Å². The van der Waals surface area contributed by atoms with Crippen LogP contribution in [0, 0.1) is 0 Å². The molecule has 1 unspecified atom stereocenters. The van der Waals surface area contributed by atoms with E-state index >= 15 is 0 Å². The molecule has 0 radical (unpaired) electrons. The predicted octanol–water partition coefficient (Wildman–Crippen LogP) is 2.97. The number of rotatable bonds is 2. The van der Waals surface area contributed by atoms with Crippen LogP contribution in [0.3, 0.4) is 0 Å². The van der Waals surface area contributed by atoms with Crippen LogP contribution in [0.5, 0.6) is 0 Å². The number of thioether (sulfide) groups is 1. The van der Waals surface area contributed by atoms with Crippen LogP contribution in [0.1, 0.15) is 43.5 Å². The van der Waals surface area contributed by atoms with E-state index in [2.05, 4.69) is 32.7 Å². The maximum Gasteiger partial charge on any atom is 0.160 e. The van der Waals surface area contributed by atoms with E-state index in [1.54, 1.807) is 0 Å². The highest BCUT2D eigenvalue weighted by Crippen LogP contribution is 2.35. The molecule has 1 atom stereocenters. The molecule has 21 heavy (non-hydrogen) atoms. The number of nitrogens with zero attached hydrogens (tertiary/aromatic N) is 3. The first-order chi connectivity index (χ1) is 10.4. The minimum atomic E-state index is 0.563. The number of aromatic nitrogens is 3. The van der Waals surface area contributed by atoms with Gasteiger partial charge in [-0.3, -0.25) is 0 Å². The fourth-order valence-corrected chi connectivity index (χ4v) is 4.74. The van der Waals surface area contributed by atoms with E-state index in [9.17, 15) is 0 Å². The van der Waals surface area contributed by atoms with Crippen LogP contribution >= 0.6 is 11.8 Å². The molecule has 0 saturated carbocycles. The Labute approximate surface area is 129 Å². The highest BCUT2D eigenvalue weighted by atomic mass is 32.2. The van der Waals surface area contributed by atoms with Crippen molar-refractivity contribution in [3.63, 3.8) is 0 Å². The van der Waals surface area contributed by atoms with Gasteiger partial charge in [-0.05, 0) is 56.7 Å². The van der Waals surface area contributed by atoms with Crippen molar-refractivity contribution in [1.82, 2.24) is 19.9 Å². The van der Waals surface area contributed by atoms with Crippen LogP contribution in [0.4, 0.5) is 0 Å². The Kier molecular flexibility index (Phi) is 3.86. The zero-order valence-corrected chi connectivity index (χ0v) is 13.1. The number of nitrogens with one attached hydrogen (secondary N) is 1. The summed E-state index contributed by atoms with van der Waals surface area (Å²) in [6, 6.07) is 4.68. The van der Waals surface area contributed by atoms with Gasteiger partial charge in [-0.25, -0.2) is 9.97 Å². The summed E-state index contributed by atoms with van der Waals surface area (Å²) >= 11 is 2.08. The normalized spacial score (nSPS) is 24.5. The second-order valence-corrected chi connectivity index (χ2v) is 7.23. The molecule has 2 fully saturated rings. The van der Waals surface area contributed by atoms with Gasteiger partial charge in [0.25, 0.3) is 0 Å². The summed E-state index contributed by atoms with van der Waals surface area (Å²) in [5, 5.41) is 3.47. The van der Waals surface area contributed by atoms with Crippen molar-refractivity contribution in [3.05, 3.63) is 24.2 Å². The highest BCUT2D eigenvalue weighted by Gasteiger charge is 2.27. The van der Waals surface area contributed by atoms with E-state index in [-0.39, 0.29) is 0 Å². The number of fused-ring (bicyclic) bond motifs is 1. The minimum Gasteiger partial charge on any atom is -0.317 e. The lowest BCUT2D eigenvalue weighted by Crippen LogP contribution is -2.31. The summed E-state index contributed by atoms with van der Waals surface area (Å²) in [6.45, 7) is 2.21. The zero-order chi connectivity index (χ0) is 14.1. The third kappa shape index (κ3) is 2.57. The molecule has 2 aliphatic heterocycles. The van der Waals surface area contributed by atoms with Crippen LogP contribution in [-0.2, 0) is 0 Å². The van der Waals surface area contributed by atoms with Gasteiger partial charge in [-0.2, -0.15) is 11.8 Å². The van der Waals surface area contributed by atoms with Crippen molar-refractivity contribution in [2.75, 3.05) is 24.6 Å². The molecular formula is C16H22N4S. The van der Waals surface area contributed by atoms with Crippen molar-refractivity contribution in [3.8, 4) is 0 Å². The van der Waals surface area contributed by atoms with Gasteiger partial charge in [0.2, 0.25) is 0 Å². The Bertz CT molecular complexity index is 612. The number of hydrogen-bond acceptors (Lipinski definition) is 4. The van der Waals surface area contributed by atoms with Crippen molar-refractivity contribution < 1.29 is 0 Å². The van der Waals surface area contributed by atoms with Gasteiger partial charge in [-0.15, -0.1) is 0 Å². The van der Waals surface area contributed by atoms with Crippen molar-refractivity contribution in [2.45, 2.75) is 37.6 Å². The second-order valence-electron chi connectivity index (χ2n) is 6.08. The quantitative estimate of drug-likeness (QED) is 0.926. The first-order valence-corrected chi connectivity index (χ1v) is 9.20. The fraction of sp³-hybridized carbons (Fsp3) is 0.625. The number of hydrogen-bond donors (Lipinski definition) is 1. The molecule has 112 valence electrons. The monoisotopic (exact) mass is 302 g/mol. The van der Waals surface area contributed by atoms with Crippen molar-refractivity contribution >= 4 is 22.9 Å². The molecule has 1 N–H and O–H groups in total. The molecule has 5 heteroatoms. The second kappa shape index (κ2) is 5.97. The maximum atomic E-state index is 4.98. The number of piperidine rings is 1. The maximum absolute atomic E-state index is 4.98. The summed E-state index contributed by atoms with van der Waals surface area (Å²) in [5.41, 5.74) is 2.16. The largest absolute Gasteiger partial charge is 0.317 e. The van der Waals surface area contributed by atoms with Crippen molar-refractivity contribution in [1.29, 1.82) is 0 Å². The summed E-state index contributed by atoms with van der Waals surface area (Å²) in [4.78, 5) is 9.62. The van der Waals surface area contributed by atoms with E-state index in [0.717, 1.165) is 24.3 Å². The van der Waals surface area contributed by atoms with Crippen LogP contribution < -0.4 is 5.32 Å². The van der Waals surface area contributed by atoms with Crippen LogP contribution in [0.25, 0.3) is 11.2 Å². The standard InChI is InChI=1S/C16H22N4S/c1-4-14-16(18-7-1)20(13-5-8-17-9-6-13)15(19-14)12-3-2-10-21-11-12/h1,4,7,12-13,17H,2-3,5-6,8-11H2. The van der Waals surface area contributed by atoms with Gasteiger partial charge in [0.1, 0.15) is 11.3 Å². The summed E-state index contributed by atoms with van der Waals surface area (Å²) in [7, 11) is 0. The lowest BCUT2D eigenvalue weighted by Gasteiger charge is -2.29. The number of imidazole rings is 1. The van der Waals surface area contributed by atoms with Gasteiger partial charge in [0, 0.05) is 23.9 Å². The third-order valence-electron chi connectivity index (χ3n) is 4.68. The van der Waals surface area contributed by atoms with Crippen molar-refractivity contribution in [2.24, 2.45) is 0 Å². The first-order valence-electron chi connectivity index (χ1n) is 8.05. The molecular weight excluding hydrogens is 280 g/mol. The molecule has 2 aromatic rings. The SMILES string of the molecule is c1cnc2c(c1)nc(C1CCCSC1)n2C1CCNCC1. The summed E-state index contributed by atoms with van der Waals surface area (Å²) < 4.78 is 2.48. The van der Waals surface area contributed by atoms with Crippen LogP contribution in [-0.4, -0.2) is 39.1 Å². The molecule has 4 heterocycles. The molecule has 0 bridgehead atoms. The molecule has 0 aliphatic carbocycles. The van der Waals surface area contributed by atoms with Gasteiger partial charge >= 0.3 is 0 Å². The van der Waals surface area contributed by atoms with Gasteiger partial charge in [0.05, 0.1) is 0 Å². The Morgan fingerprint density at radius 1 is 1.24 bits per heavy atom. The Morgan fingerprint density at radius 3 is 2.95 bits per heavy atom. The van der Waals surface area contributed by atoms with E-state index in [1.165, 1.54) is 43.0 Å². The Balaban J connectivity index is 1.79. The average Bonchev–Trinajstić information content (AvgIpc) is 2.96. The van der Waals surface area contributed by atoms with Crippen LogP contribution in [0.2, 0.25) is 0 Å². The van der Waals surface area contributed by atoms with E-state index < -0.39 is 0 Å². The van der Waals surface area contributed by atoms with Crippen LogP contribution in [0.15, 0.2) is 18.3 Å². The minimum absolute atomic E-state index is 0.563. The molecule has 2 aliphatic rings. The lowest BCUT2D eigenvalue weighted by atomic mass is 10.0. The third-order valence-corrected chi connectivity index (χ3v) is 5.89. The molecule has 4 rings (SSSR count). The van der Waals surface area contributed by atoms with Gasteiger partial charge in [-0.1, -0.05) is 0 Å². The van der Waals surface area contributed by atoms with Gasteiger partial charge < -0.3 is 9.88 Å². The smallest absolute Gasteiger partial charge is 0.160 e. The first kappa shape index (κ1) is 13.6. The topological polar surface area (TPSA) is 42.7 Å². The zero-order valence-electron chi connectivity index (χ0n) is 12.3. The number of pyridine rings is 1.